The Morgan fingerprint density at radius 1 is 0.783 bits per heavy atom. The molecule has 110 valence electrons. The van der Waals surface area contributed by atoms with E-state index < -0.39 is 0 Å². The van der Waals surface area contributed by atoms with E-state index in [1.165, 1.54) is 0 Å². The average molecular weight is 300 g/mol. The number of hydrogen-bond donors (Lipinski definition) is 1. The summed E-state index contributed by atoms with van der Waals surface area (Å²) < 4.78 is 0. The lowest BCUT2D eigenvalue weighted by Crippen LogP contribution is -1.98. The largest absolute Gasteiger partial charge is 0.360 e. The summed E-state index contributed by atoms with van der Waals surface area (Å²) in [6, 6.07) is 9.66. The van der Waals surface area contributed by atoms with Gasteiger partial charge in [-0.05, 0) is 24.3 Å². The SMILES string of the molecule is c1ccc(-c2cnc(-c3cnccn3)nc2-c2ccc[nH]2)nc1. The Balaban J connectivity index is 1.91. The van der Waals surface area contributed by atoms with Gasteiger partial charge in [0, 0.05) is 36.5 Å². The molecule has 0 aromatic carbocycles. The van der Waals surface area contributed by atoms with Crippen LogP contribution in [-0.4, -0.2) is 29.9 Å². The van der Waals surface area contributed by atoms with E-state index in [9.17, 15) is 0 Å². The second kappa shape index (κ2) is 5.76. The first-order chi connectivity index (χ1) is 11.4. The summed E-state index contributed by atoms with van der Waals surface area (Å²) in [7, 11) is 0. The third-order valence-corrected chi connectivity index (χ3v) is 3.37. The van der Waals surface area contributed by atoms with Gasteiger partial charge in [-0.1, -0.05) is 6.07 Å². The van der Waals surface area contributed by atoms with Gasteiger partial charge in [0.2, 0.25) is 0 Å². The van der Waals surface area contributed by atoms with Gasteiger partial charge >= 0.3 is 0 Å². The van der Waals surface area contributed by atoms with Gasteiger partial charge in [-0.3, -0.25) is 9.97 Å². The normalized spacial score (nSPS) is 10.6. The Bertz CT molecular complexity index is 904. The van der Waals surface area contributed by atoms with E-state index in [-0.39, 0.29) is 0 Å². The van der Waals surface area contributed by atoms with Gasteiger partial charge in [0.05, 0.1) is 23.3 Å². The summed E-state index contributed by atoms with van der Waals surface area (Å²) in [6.45, 7) is 0. The van der Waals surface area contributed by atoms with Crippen molar-refractivity contribution in [2.45, 2.75) is 0 Å². The van der Waals surface area contributed by atoms with Crippen LogP contribution in [0, 0.1) is 0 Å². The molecule has 1 N–H and O–H groups in total. The van der Waals surface area contributed by atoms with E-state index >= 15 is 0 Å². The second-order valence-electron chi connectivity index (χ2n) is 4.85. The summed E-state index contributed by atoms with van der Waals surface area (Å²) in [5, 5.41) is 0. The molecule has 0 aliphatic rings. The molecule has 0 bridgehead atoms. The Kier molecular flexibility index (Phi) is 3.32. The number of H-pyrrole nitrogens is 1. The molecule has 0 unspecified atom stereocenters. The van der Waals surface area contributed by atoms with Gasteiger partial charge in [-0.15, -0.1) is 0 Å². The minimum atomic E-state index is 0.530. The van der Waals surface area contributed by atoms with Crippen LogP contribution in [0.2, 0.25) is 0 Å². The Labute approximate surface area is 132 Å². The lowest BCUT2D eigenvalue weighted by atomic mass is 10.1. The van der Waals surface area contributed by atoms with Gasteiger partial charge in [0.15, 0.2) is 5.82 Å². The Morgan fingerprint density at radius 3 is 2.48 bits per heavy atom. The molecule has 0 saturated carbocycles. The van der Waals surface area contributed by atoms with E-state index in [1.54, 1.807) is 31.0 Å². The molecule has 4 heterocycles. The molecule has 6 heteroatoms. The molecule has 0 atom stereocenters. The van der Waals surface area contributed by atoms with Crippen LogP contribution in [0.3, 0.4) is 0 Å². The van der Waals surface area contributed by atoms with Gasteiger partial charge < -0.3 is 4.98 Å². The van der Waals surface area contributed by atoms with Crippen LogP contribution in [0.15, 0.2) is 67.5 Å². The lowest BCUT2D eigenvalue weighted by molar-refractivity contribution is 1.11. The monoisotopic (exact) mass is 300 g/mol. The zero-order valence-electron chi connectivity index (χ0n) is 12.1. The molecule has 0 aliphatic heterocycles. The van der Waals surface area contributed by atoms with Crippen LogP contribution in [0.5, 0.6) is 0 Å². The summed E-state index contributed by atoms with van der Waals surface area (Å²) >= 11 is 0. The van der Waals surface area contributed by atoms with Gasteiger partial charge in [-0.2, -0.15) is 0 Å². The molecule has 0 spiro atoms. The van der Waals surface area contributed by atoms with Crippen LogP contribution in [0.25, 0.3) is 34.2 Å². The highest BCUT2D eigenvalue weighted by atomic mass is 14.9. The Hall–Kier alpha value is -3.41. The highest BCUT2D eigenvalue weighted by Crippen LogP contribution is 2.29. The molecule has 4 aromatic rings. The van der Waals surface area contributed by atoms with Crippen LogP contribution >= 0.6 is 0 Å². The molecule has 0 amide bonds. The molecule has 0 radical (unpaired) electrons. The topological polar surface area (TPSA) is 80.2 Å². The number of aromatic nitrogens is 6. The maximum absolute atomic E-state index is 4.68. The van der Waals surface area contributed by atoms with Crippen LogP contribution in [0.1, 0.15) is 0 Å². The smallest absolute Gasteiger partial charge is 0.180 e. The van der Waals surface area contributed by atoms with E-state index in [1.807, 2.05) is 36.5 Å². The van der Waals surface area contributed by atoms with Gasteiger partial charge in [0.1, 0.15) is 5.69 Å². The van der Waals surface area contributed by atoms with Crippen molar-refractivity contribution >= 4 is 0 Å². The molecule has 6 nitrogen and oxygen atoms in total. The van der Waals surface area contributed by atoms with Crippen molar-refractivity contribution in [1.29, 1.82) is 0 Å². The van der Waals surface area contributed by atoms with Crippen molar-refractivity contribution in [2.75, 3.05) is 0 Å². The zero-order valence-corrected chi connectivity index (χ0v) is 12.1. The fraction of sp³-hybridized carbons (Fsp3) is 0. The fourth-order valence-corrected chi connectivity index (χ4v) is 2.31. The molecule has 4 rings (SSSR count). The molecule has 0 saturated heterocycles. The zero-order chi connectivity index (χ0) is 15.5. The summed E-state index contributed by atoms with van der Waals surface area (Å²) in [6.07, 6.45) is 10.3. The maximum atomic E-state index is 4.68. The van der Waals surface area contributed by atoms with Crippen molar-refractivity contribution < 1.29 is 0 Å². The van der Waals surface area contributed by atoms with Crippen molar-refractivity contribution in [3.8, 4) is 34.2 Å². The third kappa shape index (κ3) is 2.57. The predicted molar refractivity (Wildman–Crippen MR) is 86.1 cm³/mol. The van der Waals surface area contributed by atoms with E-state index in [4.69, 9.17) is 0 Å². The second-order valence-corrected chi connectivity index (χ2v) is 4.85. The molecule has 4 aromatic heterocycles. The fourth-order valence-electron chi connectivity index (χ4n) is 2.31. The standard InChI is InChI=1S/C17H12N6/c1-2-6-19-13(4-1)12-10-22-17(15-11-18-8-9-21-15)23-16(12)14-5-3-7-20-14/h1-11,20H. The summed E-state index contributed by atoms with van der Waals surface area (Å²) in [5.41, 5.74) is 4.00. The number of pyridine rings is 1. The minimum absolute atomic E-state index is 0.530. The first-order valence-corrected chi connectivity index (χ1v) is 7.10. The van der Waals surface area contributed by atoms with Gasteiger partial charge in [-0.25, -0.2) is 15.0 Å². The number of rotatable bonds is 3. The first kappa shape index (κ1) is 13.3. The minimum Gasteiger partial charge on any atom is -0.360 e. The van der Waals surface area contributed by atoms with Crippen LogP contribution < -0.4 is 0 Å². The maximum Gasteiger partial charge on any atom is 0.180 e. The Morgan fingerprint density at radius 2 is 1.74 bits per heavy atom. The van der Waals surface area contributed by atoms with Crippen LogP contribution in [-0.2, 0) is 0 Å². The number of hydrogen-bond acceptors (Lipinski definition) is 5. The van der Waals surface area contributed by atoms with E-state index in [0.29, 0.717) is 11.5 Å². The van der Waals surface area contributed by atoms with Gasteiger partial charge in [0.25, 0.3) is 0 Å². The molecule has 0 fully saturated rings. The third-order valence-electron chi connectivity index (χ3n) is 3.37. The number of nitrogens with one attached hydrogen (secondary N) is 1. The number of nitrogens with zero attached hydrogens (tertiary/aromatic N) is 5. The van der Waals surface area contributed by atoms with Crippen molar-refractivity contribution in [1.82, 2.24) is 29.9 Å². The highest BCUT2D eigenvalue weighted by Gasteiger charge is 2.14. The van der Waals surface area contributed by atoms with Crippen LogP contribution in [0.4, 0.5) is 0 Å². The predicted octanol–water partition coefficient (Wildman–Crippen LogP) is 2.99. The average Bonchev–Trinajstić information content (AvgIpc) is 3.17. The van der Waals surface area contributed by atoms with Crippen molar-refractivity contribution in [2.24, 2.45) is 0 Å². The molecular formula is C17H12N6. The van der Waals surface area contributed by atoms with E-state index in [0.717, 1.165) is 22.6 Å². The number of aromatic amines is 1. The first-order valence-electron chi connectivity index (χ1n) is 7.10. The van der Waals surface area contributed by atoms with Crippen molar-refractivity contribution in [3.63, 3.8) is 0 Å². The van der Waals surface area contributed by atoms with Crippen molar-refractivity contribution in [3.05, 3.63) is 67.5 Å². The summed E-state index contributed by atoms with van der Waals surface area (Å²) in [4.78, 5) is 25.0. The highest BCUT2D eigenvalue weighted by molar-refractivity contribution is 5.77. The molecule has 0 aliphatic carbocycles. The molecule has 23 heavy (non-hydrogen) atoms. The van der Waals surface area contributed by atoms with E-state index in [2.05, 4.69) is 29.9 Å². The summed E-state index contributed by atoms with van der Waals surface area (Å²) in [5.74, 6) is 0.530. The molecular weight excluding hydrogens is 288 g/mol. The lowest BCUT2D eigenvalue weighted by Gasteiger charge is -2.08. The quantitative estimate of drug-likeness (QED) is 0.629.